The van der Waals surface area contributed by atoms with Gasteiger partial charge in [-0.2, -0.15) is 0 Å². The third-order valence-electron chi connectivity index (χ3n) is 1.21. The summed E-state index contributed by atoms with van der Waals surface area (Å²) in [6.45, 7) is 0. The van der Waals surface area contributed by atoms with Crippen molar-refractivity contribution in [3.63, 3.8) is 0 Å². The maximum atomic E-state index is 5.48. The van der Waals surface area contributed by atoms with Crippen LogP contribution in [0.15, 0.2) is 24.0 Å². The van der Waals surface area contributed by atoms with Gasteiger partial charge in [0.1, 0.15) is 6.17 Å². The van der Waals surface area contributed by atoms with E-state index >= 15 is 0 Å². The van der Waals surface area contributed by atoms with Crippen molar-refractivity contribution in [2.24, 2.45) is 17.3 Å². The maximum Gasteiger partial charge on any atom is 0.132 e. The van der Waals surface area contributed by atoms with Crippen molar-refractivity contribution in [1.82, 2.24) is 5.01 Å². The summed E-state index contributed by atoms with van der Waals surface area (Å²) in [4.78, 5) is 0. The molecule has 1 atom stereocenters. The molecule has 0 fully saturated rings. The van der Waals surface area contributed by atoms with Crippen LogP contribution < -0.4 is 17.3 Å². The Kier molecular flexibility index (Phi) is 1.42. The molecule has 0 aromatic rings. The average molecular weight is 126 g/mol. The zero-order valence-corrected chi connectivity index (χ0v) is 4.99. The first kappa shape index (κ1) is 6.12. The molecule has 1 rings (SSSR count). The van der Waals surface area contributed by atoms with Gasteiger partial charge in [0, 0.05) is 11.9 Å². The Bertz CT molecular complexity index is 160. The summed E-state index contributed by atoms with van der Waals surface area (Å²) in [6.07, 6.45) is 4.78. The molecule has 0 aliphatic carbocycles. The molecule has 9 heavy (non-hydrogen) atoms. The Balaban J connectivity index is 2.73. The Hall–Kier alpha value is -1.00. The van der Waals surface area contributed by atoms with Gasteiger partial charge < -0.3 is 11.5 Å². The summed E-state index contributed by atoms with van der Waals surface area (Å²) >= 11 is 0. The second-order valence-corrected chi connectivity index (χ2v) is 1.90. The third kappa shape index (κ3) is 1.04. The van der Waals surface area contributed by atoms with Crippen LogP contribution in [0.4, 0.5) is 0 Å². The molecule has 4 nitrogen and oxygen atoms in total. The van der Waals surface area contributed by atoms with E-state index in [9.17, 15) is 0 Å². The molecule has 1 aliphatic heterocycles. The molecule has 0 saturated heterocycles. The Morgan fingerprint density at radius 2 is 2.22 bits per heavy atom. The molecule has 0 saturated carbocycles. The molecule has 50 valence electrons. The minimum absolute atomic E-state index is 0.366. The minimum atomic E-state index is -0.366. The Morgan fingerprint density at radius 1 is 1.56 bits per heavy atom. The van der Waals surface area contributed by atoms with Crippen molar-refractivity contribution < 1.29 is 0 Å². The molecule has 4 heteroatoms. The van der Waals surface area contributed by atoms with E-state index in [2.05, 4.69) is 0 Å². The van der Waals surface area contributed by atoms with E-state index in [0.29, 0.717) is 5.70 Å². The largest absolute Gasteiger partial charge is 0.399 e. The van der Waals surface area contributed by atoms with Gasteiger partial charge in [0.2, 0.25) is 0 Å². The van der Waals surface area contributed by atoms with Gasteiger partial charge in [0.15, 0.2) is 0 Å². The van der Waals surface area contributed by atoms with E-state index < -0.39 is 0 Å². The highest BCUT2D eigenvalue weighted by Crippen LogP contribution is 2.01. The van der Waals surface area contributed by atoms with Crippen LogP contribution >= 0.6 is 0 Å². The lowest BCUT2D eigenvalue weighted by molar-refractivity contribution is 0.319. The van der Waals surface area contributed by atoms with E-state index in [4.69, 9.17) is 17.3 Å². The van der Waals surface area contributed by atoms with Crippen LogP contribution in [0.2, 0.25) is 0 Å². The van der Waals surface area contributed by atoms with E-state index in [0.717, 1.165) is 0 Å². The molecule has 6 N–H and O–H groups in total. The summed E-state index contributed by atoms with van der Waals surface area (Å²) in [5.74, 6) is 5.37. The van der Waals surface area contributed by atoms with Crippen molar-refractivity contribution in [3.8, 4) is 0 Å². The molecule has 0 aromatic heterocycles. The van der Waals surface area contributed by atoms with Gasteiger partial charge in [-0.25, -0.2) is 5.84 Å². The first-order valence-corrected chi connectivity index (χ1v) is 2.64. The van der Waals surface area contributed by atoms with Gasteiger partial charge in [-0.1, -0.05) is 0 Å². The first-order valence-electron chi connectivity index (χ1n) is 2.64. The smallest absolute Gasteiger partial charge is 0.132 e. The molecule has 1 aliphatic rings. The SMILES string of the molecule is NC1=CC=CN(N)C1N. The van der Waals surface area contributed by atoms with Crippen LogP contribution in [-0.4, -0.2) is 11.2 Å². The van der Waals surface area contributed by atoms with Gasteiger partial charge >= 0.3 is 0 Å². The number of allylic oxidation sites excluding steroid dienone is 2. The van der Waals surface area contributed by atoms with Crippen LogP contribution in [0.25, 0.3) is 0 Å². The number of hydrazine groups is 1. The first-order chi connectivity index (χ1) is 4.22. The molecule has 0 radical (unpaired) electrons. The van der Waals surface area contributed by atoms with E-state index in [-0.39, 0.29) is 6.17 Å². The summed E-state index contributed by atoms with van der Waals surface area (Å²) in [5.41, 5.74) is 11.5. The van der Waals surface area contributed by atoms with Crippen molar-refractivity contribution in [2.75, 3.05) is 0 Å². The van der Waals surface area contributed by atoms with Gasteiger partial charge in [0.05, 0.1) is 0 Å². The summed E-state index contributed by atoms with van der Waals surface area (Å²) < 4.78 is 0. The number of nitrogens with two attached hydrogens (primary N) is 3. The van der Waals surface area contributed by atoms with Crippen LogP contribution in [0.1, 0.15) is 0 Å². The topological polar surface area (TPSA) is 81.3 Å². The van der Waals surface area contributed by atoms with Crippen molar-refractivity contribution in [3.05, 3.63) is 24.0 Å². The van der Waals surface area contributed by atoms with E-state index in [1.165, 1.54) is 5.01 Å². The Labute approximate surface area is 53.6 Å². The molecular weight excluding hydrogens is 116 g/mol. The molecule has 0 spiro atoms. The van der Waals surface area contributed by atoms with Crippen LogP contribution in [0.3, 0.4) is 0 Å². The zero-order chi connectivity index (χ0) is 6.85. The average Bonchev–Trinajstić information content (AvgIpc) is 1.83. The van der Waals surface area contributed by atoms with Crippen LogP contribution in [0.5, 0.6) is 0 Å². The number of nitrogens with zero attached hydrogens (tertiary/aromatic N) is 1. The van der Waals surface area contributed by atoms with Gasteiger partial charge in [-0.15, -0.1) is 0 Å². The highest BCUT2D eigenvalue weighted by molar-refractivity contribution is 5.18. The normalized spacial score (nSPS) is 26.2. The monoisotopic (exact) mass is 126 g/mol. The summed E-state index contributed by atoms with van der Waals surface area (Å²) in [7, 11) is 0. The van der Waals surface area contributed by atoms with Crippen LogP contribution in [0, 0.1) is 0 Å². The Morgan fingerprint density at radius 3 is 2.67 bits per heavy atom. The van der Waals surface area contributed by atoms with Gasteiger partial charge in [-0.3, -0.25) is 5.01 Å². The second kappa shape index (κ2) is 2.08. The van der Waals surface area contributed by atoms with Gasteiger partial charge in [-0.05, 0) is 12.2 Å². The van der Waals surface area contributed by atoms with E-state index in [1.807, 2.05) is 0 Å². The highest BCUT2D eigenvalue weighted by Gasteiger charge is 2.10. The number of rotatable bonds is 0. The van der Waals surface area contributed by atoms with E-state index in [1.54, 1.807) is 18.4 Å². The number of hydrogen-bond acceptors (Lipinski definition) is 4. The summed E-state index contributed by atoms with van der Waals surface area (Å²) in [6, 6.07) is 0. The lowest BCUT2D eigenvalue weighted by Crippen LogP contribution is -2.47. The van der Waals surface area contributed by atoms with Crippen LogP contribution in [-0.2, 0) is 0 Å². The second-order valence-electron chi connectivity index (χ2n) is 1.90. The number of hydrogen-bond donors (Lipinski definition) is 3. The quantitative estimate of drug-likeness (QED) is 0.357. The molecule has 0 amide bonds. The standard InChI is InChI=1S/C5H10N4/c6-4-2-1-3-9(8)5(4)7/h1-3,5H,6-8H2. The summed E-state index contributed by atoms with van der Waals surface area (Å²) in [5, 5.41) is 1.36. The fourth-order valence-electron chi connectivity index (χ4n) is 0.617. The lowest BCUT2D eigenvalue weighted by Gasteiger charge is -2.24. The molecular formula is C5H10N4. The fraction of sp³-hybridized carbons (Fsp3) is 0.200. The fourth-order valence-corrected chi connectivity index (χ4v) is 0.617. The minimum Gasteiger partial charge on any atom is -0.399 e. The molecule has 1 heterocycles. The third-order valence-corrected chi connectivity index (χ3v) is 1.21. The molecule has 1 unspecified atom stereocenters. The zero-order valence-electron chi connectivity index (χ0n) is 4.99. The van der Waals surface area contributed by atoms with Crippen molar-refractivity contribution in [2.45, 2.75) is 6.17 Å². The lowest BCUT2D eigenvalue weighted by atomic mass is 10.3. The highest BCUT2D eigenvalue weighted by atomic mass is 15.4. The molecule has 0 aromatic carbocycles. The predicted octanol–water partition coefficient (Wildman–Crippen LogP) is -1.18. The van der Waals surface area contributed by atoms with Gasteiger partial charge in [0.25, 0.3) is 0 Å². The molecule has 0 bridgehead atoms. The maximum absolute atomic E-state index is 5.48. The van der Waals surface area contributed by atoms with Crippen molar-refractivity contribution >= 4 is 0 Å². The predicted molar refractivity (Wildman–Crippen MR) is 35.4 cm³/mol. The van der Waals surface area contributed by atoms with Crippen molar-refractivity contribution in [1.29, 1.82) is 0 Å².